The Hall–Kier alpha value is -3.27. The summed E-state index contributed by atoms with van der Waals surface area (Å²) in [6, 6.07) is 8.47. The zero-order chi connectivity index (χ0) is 15.1. The second-order valence-corrected chi connectivity index (χ2v) is 3.87. The molecule has 0 atom stereocenters. The number of nitriles is 1. The molecule has 0 saturated heterocycles. The molecule has 0 bridgehead atoms. The van der Waals surface area contributed by atoms with Gasteiger partial charge in [0.15, 0.2) is 12.3 Å². The van der Waals surface area contributed by atoms with Crippen LogP contribution in [-0.4, -0.2) is 28.5 Å². The number of para-hydroxylation sites is 1. The first-order valence-electron chi connectivity index (χ1n) is 5.93. The van der Waals surface area contributed by atoms with E-state index in [0.717, 1.165) is 0 Å². The van der Waals surface area contributed by atoms with Gasteiger partial charge in [0.05, 0.1) is 17.4 Å². The lowest BCUT2D eigenvalue weighted by Gasteiger charge is -2.07. The molecule has 2 aromatic rings. The Kier molecular flexibility index (Phi) is 4.56. The van der Waals surface area contributed by atoms with Crippen molar-refractivity contribution < 1.29 is 14.3 Å². The van der Waals surface area contributed by atoms with Crippen LogP contribution in [0.3, 0.4) is 0 Å². The molecular weight excluding hydrogens is 272 g/mol. The molecule has 2 rings (SSSR count). The number of hydrogen-bond acceptors (Lipinski definition) is 6. The maximum atomic E-state index is 11.7. The smallest absolute Gasteiger partial charge is 0.359 e. The van der Waals surface area contributed by atoms with Gasteiger partial charge in [-0.05, 0) is 12.1 Å². The van der Waals surface area contributed by atoms with E-state index in [1.165, 1.54) is 18.6 Å². The zero-order valence-corrected chi connectivity index (χ0v) is 10.8. The number of carbonyl (C=O) groups excluding carboxylic acids is 2. The minimum atomic E-state index is -0.744. The van der Waals surface area contributed by atoms with Crippen LogP contribution >= 0.6 is 0 Å². The van der Waals surface area contributed by atoms with Gasteiger partial charge in [-0.3, -0.25) is 9.78 Å². The van der Waals surface area contributed by atoms with Gasteiger partial charge >= 0.3 is 5.97 Å². The molecule has 0 saturated carbocycles. The third kappa shape index (κ3) is 3.84. The summed E-state index contributed by atoms with van der Waals surface area (Å²) in [5, 5.41) is 11.4. The number of carbonyl (C=O) groups is 2. The Morgan fingerprint density at radius 1 is 1.29 bits per heavy atom. The first-order chi connectivity index (χ1) is 10.2. The van der Waals surface area contributed by atoms with Crippen molar-refractivity contribution in [2.24, 2.45) is 0 Å². The maximum absolute atomic E-state index is 11.7. The van der Waals surface area contributed by atoms with Crippen molar-refractivity contribution in [3.8, 4) is 6.07 Å². The van der Waals surface area contributed by atoms with Gasteiger partial charge in [0.1, 0.15) is 6.07 Å². The van der Waals surface area contributed by atoms with Crippen LogP contribution in [0.2, 0.25) is 0 Å². The fraction of sp³-hybridized carbons (Fsp3) is 0.0714. The van der Waals surface area contributed by atoms with E-state index in [0.29, 0.717) is 11.3 Å². The number of hydrogen-bond donors (Lipinski definition) is 1. The van der Waals surface area contributed by atoms with Crippen LogP contribution in [0.25, 0.3) is 0 Å². The van der Waals surface area contributed by atoms with Crippen LogP contribution < -0.4 is 5.32 Å². The Bertz CT molecular complexity index is 695. The number of anilines is 1. The molecule has 0 aliphatic heterocycles. The van der Waals surface area contributed by atoms with Crippen LogP contribution in [0.1, 0.15) is 16.1 Å². The molecule has 1 amide bonds. The zero-order valence-electron chi connectivity index (χ0n) is 10.8. The summed E-state index contributed by atoms with van der Waals surface area (Å²) in [5.74, 6) is -1.29. The summed E-state index contributed by atoms with van der Waals surface area (Å²) in [6.07, 6.45) is 4.01. The van der Waals surface area contributed by atoms with Gasteiger partial charge in [-0.25, -0.2) is 9.78 Å². The third-order valence-corrected chi connectivity index (χ3v) is 2.43. The number of aromatic nitrogens is 2. The Balaban J connectivity index is 1.91. The van der Waals surface area contributed by atoms with Crippen molar-refractivity contribution in [2.45, 2.75) is 0 Å². The fourth-order valence-corrected chi connectivity index (χ4v) is 1.49. The van der Waals surface area contributed by atoms with E-state index < -0.39 is 18.5 Å². The van der Waals surface area contributed by atoms with E-state index >= 15 is 0 Å². The summed E-state index contributed by atoms with van der Waals surface area (Å²) in [6.45, 7) is -0.477. The van der Waals surface area contributed by atoms with Gasteiger partial charge in [-0.15, -0.1) is 0 Å². The maximum Gasteiger partial charge on any atom is 0.359 e. The lowest BCUT2D eigenvalue weighted by Crippen LogP contribution is -2.21. The molecule has 7 heteroatoms. The van der Waals surface area contributed by atoms with E-state index in [9.17, 15) is 9.59 Å². The summed E-state index contributed by atoms with van der Waals surface area (Å²) in [5.41, 5.74) is 0.703. The summed E-state index contributed by atoms with van der Waals surface area (Å²) in [7, 11) is 0. The topological polar surface area (TPSA) is 105 Å². The van der Waals surface area contributed by atoms with Crippen LogP contribution in [0, 0.1) is 11.3 Å². The van der Waals surface area contributed by atoms with Crippen molar-refractivity contribution in [3.63, 3.8) is 0 Å². The van der Waals surface area contributed by atoms with Crippen molar-refractivity contribution in [1.29, 1.82) is 5.26 Å². The van der Waals surface area contributed by atoms with Crippen LogP contribution in [-0.2, 0) is 9.53 Å². The minimum absolute atomic E-state index is 0.0164. The first kappa shape index (κ1) is 14.1. The highest BCUT2D eigenvalue weighted by Crippen LogP contribution is 2.13. The summed E-state index contributed by atoms with van der Waals surface area (Å²) >= 11 is 0. The van der Waals surface area contributed by atoms with E-state index in [1.807, 2.05) is 6.07 Å². The van der Waals surface area contributed by atoms with Crippen molar-refractivity contribution in [3.05, 3.63) is 54.1 Å². The predicted molar refractivity (Wildman–Crippen MR) is 72.1 cm³/mol. The molecule has 21 heavy (non-hydrogen) atoms. The normalized spacial score (nSPS) is 9.48. The van der Waals surface area contributed by atoms with Crippen molar-refractivity contribution in [1.82, 2.24) is 9.97 Å². The SMILES string of the molecule is N#Cc1ccccc1NC(=O)COC(=O)c1cnccn1. The number of rotatable bonds is 4. The highest BCUT2D eigenvalue weighted by molar-refractivity contribution is 5.95. The van der Waals surface area contributed by atoms with Gasteiger partial charge in [0.25, 0.3) is 5.91 Å². The monoisotopic (exact) mass is 282 g/mol. The molecule has 0 fully saturated rings. The van der Waals surface area contributed by atoms with Gasteiger partial charge in [-0.2, -0.15) is 5.26 Å². The minimum Gasteiger partial charge on any atom is -0.451 e. The number of nitrogens with zero attached hydrogens (tertiary/aromatic N) is 3. The van der Waals surface area contributed by atoms with Crippen LogP contribution in [0.15, 0.2) is 42.9 Å². The number of nitrogens with one attached hydrogen (secondary N) is 1. The van der Waals surface area contributed by atoms with E-state index in [-0.39, 0.29) is 5.69 Å². The van der Waals surface area contributed by atoms with Crippen LogP contribution in [0.4, 0.5) is 5.69 Å². The molecule has 0 aliphatic carbocycles. The van der Waals surface area contributed by atoms with Crippen LogP contribution in [0.5, 0.6) is 0 Å². The van der Waals surface area contributed by atoms with Crippen molar-refractivity contribution >= 4 is 17.6 Å². The quantitative estimate of drug-likeness (QED) is 0.843. The van der Waals surface area contributed by atoms with E-state index in [1.54, 1.807) is 24.3 Å². The van der Waals surface area contributed by atoms with Gasteiger partial charge in [-0.1, -0.05) is 12.1 Å². The van der Waals surface area contributed by atoms with Gasteiger partial charge < -0.3 is 10.1 Å². The Labute approximate surface area is 120 Å². The highest BCUT2D eigenvalue weighted by atomic mass is 16.5. The summed E-state index contributed by atoms with van der Waals surface area (Å²) < 4.78 is 4.80. The number of amides is 1. The molecule has 1 heterocycles. The van der Waals surface area contributed by atoms with Gasteiger partial charge in [0.2, 0.25) is 0 Å². The van der Waals surface area contributed by atoms with Gasteiger partial charge in [0, 0.05) is 12.4 Å². The molecule has 0 radical (unpaired) electrons. The lowest BCUT2D eigenvalue weighted by atomic mass is 10.2. The number of ether oxygens (including phenoxy) is 1. The average molecular weight is 282 g/mol. The third-order valence-electron chi connectivity index (χ3n) is 2.43. The standard InChI is InChI=1S/C14H10N4O3/c15-7-10-3-1-2-4-11(10)18-13(19)9-21-14(20)12-8-16-5-6-17-12/h1-6,8H,9H2,(H,18,19). The largest absolute Gasteiger partial charge is 0.451 e. The van der Waals surface area contributed by atoms with Crippen molar-refractivity contribution in [2.75, 3.05) is 11.9 Å². The summed E-state index contributed by atoms with van der Waals surface area (Å²) in [4.78, 5) is 30.7. The van der Waals surface area contributed by atoms with E-state index in [4.69, 9.17) is 10.00 Å². The molecule has 1 aromatic carbocycles. The Morgan fingerprint density at radius 3 is 2.81 bits per heavy atom. The molecule has 7 nitrogen and oxygen atoms in total. The molecule has 0 spiro atoms. The molecular formula is C14H10N4O3. The first-order valence-corrected chi connectivity index (χ1v) is 5.93. The molecule has 1 aromatic heterocycles. The predicted octanol–water partition coefficient (Wildman–Crippen LogP) is 1.14. The second-order valence-electron chi connectivity index (χ2n) is 3.87. The Morgan fingerprint density at radius 2 is 2.10 bits per heavy atom. The number of esters is 1. The average Bonchev–Trinajstić information content (AvgIpc) is 2.54. The van der Waals surface area contributed by atoms with E-state index in [2.05, 4.69) is 15.3 Å². The molecule has 104 valence electrons. The molecule has 0 aliphatic rings. The molecule has 1 N–H and O–H groups in total. The highest BCUT2D eigenvalue weighted by Gasteiger charge is 2.12. The lowest BCUT2D eigenvalue weighted by molar-refractivity contribution is -0.119. The number of benzene rings is 1. The fourth-order valence-electron chi connectivity index (χ4n) is 1.49. The second kappa shape index (κ2) is 6.77. The molecule has 0 unspecified atom stereocenters.